The first kappa shape index (κ1) is 30.1. The number of barbiturate groups is 1. The molecule has 0 saturated carbocycles. The maximum atomic E-state index is 13.3. The maximum absolute atomic E-state index is 13.3. The fourth-order valence-electron chi connectivity index (χ4n) is 3.91. The van der Waals surface area contributed by atoms with Gasteiger partial charge in [0.2, 0.25) is 5.75 Å². The summed E-state index contributed by atoms with van der Waals surface area (Å²) in [5.41, 5.74) is -1.28. The summed E-state index contributed by atoms with van der Waals surface area (Å²) in [6, 6.07) is 9.69. The van der Waals surface area contributed by atoms with Gasteiger partial charge in [0.05, 0.1) is 45.9 Å². The van der Waals surface area contributed by atoms with E-state index >= 15 is 0 Å². The molecule has 4 rings (SSSR count). The molecule has 0 unspecified atom stereocenters. The molecule has 0 aromatic heterocycles. The van der Waals surface area contributed by atoms with Crippen LogP contribution >= 0.6 is 11.6 Å². The van der Waals surface area contributed by atoms with Gasteiger partial charge in [0.15, 0.2) is 11.5 Å². The van der Waals surface area contributed by atoms with E-state index in [0.717, 1.165) is 24.3 Å². The molecule has 3 aromatic carbocycles. The van der Waals surface area contributed by atoms with Gasteiger partial charge in [-0.3, -0.25) is 35.1 Å². The van der Waals surface area contributed by atoms with Gasteiger partial charge in [0, 0.05) is 6.07 Å². The second-order valence-electron chi connectivity index (χ2n) is 8.53. The standard InChI is InChI=1S/C27H19ClN4O11/c1-3-42-22-12-14(11-19(28)23(22)43-21-9-8-17(31(37)38)13-20(21)32(39)40)10-18-24(33)29-27(36)30(25(18)34)16-6-4-15(5-7-16)26(35)41-2/h4-13H,3H2,1-2H3,(H,29,33,36)/b18-10+. The quantitative estimate of drug-likeness (QED) is 0.115. The molecule has 1 aliphatic rings. The van der Waals surface area contributed by atoms with Crippen molar-refractivity contribution in [3.05, 3.63) is 96.5 Å². The minimum absolute atomic E-state index is 0.0375. The Balaban J connectivity index is 1.71. The molecule has 43 heavy (non-hydrogen) atoms. The molecule has 15 nitrogen and oxygen atoms in total. The Morgan fingerprint density at radius 3 is 2.30 bits per heavy atom. The molecule has 16 heteroatoms. The van der Waals surface area contributed by atoms with Crippen molar-refractivity contribution >= 4 is 58.6 Å². The number of anilines is 1. The fourth-order valence-corrected chi connectivity index (χ4v) is 4.17. The fraction of sp³-hybridized carbons (Fsp3) is 0.111. The number of nitro benzene ring substituents is 2. The summed E-state index contributed by atoms with van der Waals surface area (Å²) in [7, 11) is 1.20. The van der Waals surface area contributed by atoms with Crippen molar-refractivity contribution in [2.75, 3.05) is 18.6 Å². The molecule has 1 aliphatic heterocycles. The molecule has 1 heterocycles. The van der Waals surface area contributed by atoms with Gasteiger partial charge in [0.25, 0.3) is 17.5 Å². The number of nitro groups is 2. The van der Waals surface area contributed by atoms with Gasteiger partial charge >= 0.3 is 17.7 Å². The number of halogens is 1. The Bertz CT molecular complexity index is 1720. The summed E-state index contributed by atoms with van der Waals surface area (Å²) in [5, 5.41) is 24.5. The lowest BCUT2D eigenvalue weighted by atomic mass is 10.1. The number of hydrogen-bond donors (Lipinski definition) is 1. The van der Waals surface area contributed by atoms with Crippen molar-refractivity contribution in [1.29, 1.82) is 0 Å². The summed E-state index contributed by atoms with van der Waals surface area (Å²) in [6.07, 6.45) is 1.15. The Kier molecular flexibility index (Phi) is 8.66. The van der Waals surface area contributed by atoms with Crippen LogP contribution in [0.2, 0.25) is 5.02 Å². The van der Waals surface area contributed by atoms with E-state index in [1.165, 1.54) is 43.5 Å². The molecule has 0 atom stereocenters. The van der Waals surface area contributed by atoms with Gasteiger partial charge in [-0.1, -0.05) is 11.6 Å². The van der Waals surface area contributed by atoms with Crippen molar-refractivity contribution in [1.82, 2.24) is 5.32 Å². The topological polar surface area (TPSA) is 198 Å². The summed E-state index contributed by atoms with van der Waals surface area (Å²) in [5.74, 6) is -3.18. The Hall–Kier alpha value is -5.83. The number of non-ortho nitro benzene ring substituents is 1. The third-order valence-electron chi connectivity index (χ3n) is 5.85. The van der Waals surface area contributed by atoms with E-state index in [2.05, 4.69) is 10.1 Å². The molecule has 1 fully saturated rings. The average molecular weight is 611 g/mol. The Morgan fingerprint density at radius 1 is 1.00 bits per heavy atom. The lowest BCUT2D eigenvalue weighted by Gasteiger charge is -2.26. The molecule has 1 saturated heterocycles. The number of nitrogens with zero attached hydrogens (tertiary/aromatic N) is 3. The highest BCUT2D eigenvalue weighted by Gasteiger charge is 2.37. The molecule has 3 aromatic rings. The highest BCUT2D eigenvalue weighted by atomic mass is 35.5. The zero-order valence-corrected chi connectivity index (χ0v) is 22.9. The van der Waals surface area contributed by atoms with E-state index in [-0.39, 0.29) is 45.7 Å². The van der Waals surface area contributed by atoms with Crippen LogP contribution in [-0.2, 0) is 14.3 Å². The highest BCUT2D eigenvalue weighted by Crippen LogP contribution is 2.43. The van der Waals surface area contributed by atoms with Crippen molar-refractivity contribution in [3.8, 4) is 17.2 Å². The van der Waals surface area contributed by atoms with Crippen molar-refractivity contribution in [2.45, 2.75) is 6.92 Å². The zero-order chi connectivity index (χ0) is 31.4. The number of nitrogens with one attached hydrogen (secondary N) is 1. The molecule has 0 aliphatic carbocycles. The van der Waals surface area contributed by atoms with Crippen molar-refractivity contribution in [2.24, 2.45) is 0 Å². The minimum atomic E-state index is -1.01. The molecule has 4 amide bonds. The van der Waals surface area contributed by atoms with Gasteiger partial charge in [-0.2, -0.15) is 0 Å². The van der Waals surface area contributed by atoms with Crippen molar-refractivity contribution in [3.63, 3.8) is 0 Å². The number of urea groups is 1. The van der Waals surface area contributed by atoms with Crippen LogP contribution in [0.1, 0.15) is 22.8 Å². The summed E-state index contributed by atoms with van der Waals surface area (Å²) >= 11 is 6.42. The number of benzene rings is 3. The third-order valence-corrected chi connectivity index (χ3v) is 6.13. The number of methoxy groups -OCH3 is 1. The molecular formula is C27H19ClN4O11. The van der Waals surface area contributed by atoms with Gasteiger partial charge < -0.3 is 14.2 Å². The predicted octanol–water partition coefficient (Wildman–Crippen LogP) is 4.80. The van der Waals surface area contributed by atoms with E-state index < -0.39 is 50.6 Å². The first-order valence-electron chi connectivity index (χ1n) is 12.1. The number of esters is 1. The number of ether oxygens (including phenoxy) is 3. The van der Waals surface area contributed by atoms with Crippen LogP contribution in [0.3, 0.4) is 0 Å². The number of carbonyl (C=O) groups is 4. The van der Waals surface area contributed by atoms with Crippen LogP contribution in [0.4, 0.5) is 21.9 Å². The summed E-state index contributed by atoms with van der Waals surface area (Å²) in [4.78, 5) is 71.8. The van der Waals surface area contributed by atoms with Gasteiger partial charge in [-0.15, -0.1) is 0 Å². The van der Waals surface area contributed by atoms with Crippen molar-refractivity contribution < 1.29 is 43.2 Å². The van der Waals surface area contributed by atoms with Crippen LogP contribution in [0.5, 0.6) is 17.2 Å². The van der Waals surface area contributed by atoms with E-state index in [4.69, 9.17) is 21.1 Å². The maximum Gasteiger partial charge on any atom is 0.337 e. The lowest BCUT2D eigenvalue weighted by Crippen LogP contribution is -2.54. The number of imide groups is 2. The van der Waals surface area contributed by atoms with E-state index in [1.54, 1.807) is 6.92 Å². The predicted molar refractivity (Wildman–Crippen MR) is 149 cm³/mol. The number of hydrogen-bond acceptors (Lipinski definition) is 11. The first-order chi connectivity index (χ1) is 20.4. The Labute approximate surface area is 246 Å². The average Bonchev–Trinajstić information content (AvgIpc) is 2.96. The van der Waals surface area contributed by atoms with Crippen LogP contribution in [-0.4, -0.2) is 47.4 Å². The largest absolute Gasteiger partial charge is 0.490 e. The Morgan fingerprint density at radius 2 is 1.70 bits per heavy atom. The van der Waals surface area contributed by atoms with Crippen LogP contribution in [0, 0.1) is 20.2 Å². The molecule has 0 bridgehead atoms. The smallest absolute Gasteiger partial charge is 0.337 e. The molecule has 0 radical (unpaired) electrons. The minimum Gasteiger partial charge on any atom is -0.490 e. The monoisotopic (exact) mass is 610 g/mol. The number of carbonyl (C=O) groups excluding carboxylic acids is 4. The third kappa shape index (κ3) is 6.25. The molecular weight excluding hydrogens is 592 g/mol. The van der Waals surface area contributed by atoms with Gasteiger partial charge in [-0.25, -0.2) is 14.5 Å². The summed E-state index contributed by atoms with van der Waals surface area (Å²) < 4.78 is 15.9. The van der Waals surface area contributed by atoms with Crippen LogP contribution in [0.15, 0.2) is 60.2 Å². The van der Waals surface area contributed by atoms with E-state index in [9.17, 15) is 39.4 Å². The van der Waals surface area contributed by atoms with Crippen LogP contribution in [0.25, 0.3) is 6.08 Å². The second kappa shape index (κ2) is 12.4. The highest BCUT2D eigenvalue weighted by molar-refractivity contribution is 6.39. The van der Waals surface area contributed by atoms with E-state index in [1.807, 2.05) is 0 Å². The van der Waals surface area contributed by atoms with Gasteiger partial charge in [-0.05, 0) is 61.0 Å². The van der Waals surface area contributed by atoms with Crippen LogP contribution < -0.4 is 19.7 Å². The number of rotatable bonds is 9. The summed E-state index contributed by atoms with van der Waals surface area (Å²) in [6.45, 7) is 1.71. The SMILES string of the molecule is CCOc1cc(/C=C2\C(=O)NC(=O)N(c3ccc(C(=O)OC)cc3)C2=O)cc(Cl)c1Oc1ccc([N+](=O)[O-])cc1[N+](=O)[O-]. The van der Waals surface area contributed by atoms with E-state index in [0.29, 0.717) is 4.90 Å². The second-order valence-corrected chi connectivity index (χ2v) is 8.93. The normalized spacial score (nSPS) is 13.9. The molecule has 0 spiro atoms. The lowest BCUT2D eigenvalue weighted by molar-refractivity contribution is -0.394. The molecule has 220 valence electrons. The number of amides is 4. The first-order valence-corrected chi connectivity index (χ1v) is 12.5. The molecule has 1 N–H and O–H groups in total. The van der Waals surface area contributed by atoms with Gasteiger partial charge in [0.1, 0.15) is 5.57 Å². The zero-order valence-electron chi connectivity index (χ0n) is 22.2.